The van der Waals surface area contributed by atoms with Crippen molar-refractivity contribution in [3.8, 4) is 5.75 Å². The number of fused-ring (bicyclic) bond motifs is 1. The summed E-state index contributed by atoms with van der Waals surface area (Å²) in [7, 11) is 1.72. The molecule has 2 nitrogen and oxygen atoms in total. The second-order valence-corrected chi connectivity index (χ2v) is 4.02. The molecular weight excluding hydrogens is 174 g/mol. The Bertz CT molecular complexity index is 346. The molecule has 76 valence electrons. The standard InChI is InChI=1S/C12H17NO/c1-8-6-10-9(7-12(8)14-2)4-3-5-11(10)13/h6-7,11H,3-5,13H2,1-2H3/t11-/m1/s1. The van der Waals surface area contributed by atoms with Crippen molar-refractivity contribution in [3.05, 3.63) is 28.8 Å². The van der Waals surface area contributed by atoms with E-state index >= 15 is 0 Å². The van der Waals surface area contributed by atoms with E-state index in [-0.39, 0.29) is 6.04 Å². The highest BCUT2D eigenvalue weighted by atomic mass is 16.5. The molecule has 1 aromatic rings. The highest BCUT2D eigenvalue weighted by molar-refractivity contribution is 5.44. The van der Waals surface area contributed by atoms with Crippen molar-refractivity contribution in [3.63, 3.8) is 0 Å². The lowest BCUT2D eigenvalue weighted by Crippen LogP contribution is -2.17. The van der Waals surface area contributed by atoms with Crippen LogP contribution in [0, 0.1) is 6.92 Å². The van der Waals surface area contributed by atoms with Crippen LogP contribution < -0.4 is 10.5 Å². The molecule has 1 aliphatic carbocycles. The summed E-state index contributed by atoms with van der Waals surface area (Å²) < 4.78 is 5.31. The summed E-state index contributed by atoms with van der Waals surface area (Å²) in [6.45, 7) is 2.07. The van der Waals surface area contributed by atoms with Gasteiger partial charge in [0.15, 0.2) is 0 Å². The first-order valence-electron chi connectivity index (χ1n) is 5.15. The van der Waals surface area contributed by atoms with Crippen molar-refractivity contribution in [1.29, 1.82) is 0 Å². The summed E-state index contributed by atoms with van der Waals surface area (Å²) in [6, 6.07) is 4.55. The smallest absolute Gasteiger partial charge is 0.122 e. The minimum atomic E-state index is 0.225. The molecule has 2 N–H and O–H groups in total. The first kappa shape index (κ1) is 9.53. The quantitative estimate of drug-likeness (QED) is 0.739. The molecule has 0 amide bonds. The summed E-state index contributed by atoms with van der Waals surface area (Å²) in [5.74, 6) is 0.984. The number of hydrogen-bond acceptors (Lipinski definition) is 2. The molecule has 2 heteroatoms. The minimum Gasteiger partial charge on any atom is -0.496 e. The van der Waals surface area contributed by atoms with E-state index in [0.29, 0.717) is 0 Å². The highest BCUT2D eigenvalue weighted by Crippen LogP contribution is 2.32. The molecule has 2 rings (SSSR count). The van der Waals surface area contributed by atoms with Crippen LogP contribution in [0.4, 0.5) is 0 Å². The van der Waals surface area contributed by atoms with Gasteiger partial charge in [0.05, 0.1) is 7.11 Å². The third kappa shape index (κ3) is 1.50. The van der Waals surface area contributed by atoms with Gasteiger partial charge in [-0.25, -0.2) is 0 Å². The Morgan fingerprint density at radius 3 is 2.93 bits per heavy atom. The van der Waals surface area contributed by atoms with Gasteiger partial charge in [0, 0.05) is 6.04 Å². The van der Waals surface area contributed by atoms with Gasteiger partial charge in [-0.1, -0.05) is 6.07 Å². The average molecular weight is 191 g/mol. The second-order valence-electron chi connectivity index (χ2n) is 4.02. The molecule has 1 atom stereocenters. The molecule has 0 fully saturated rings. The summed E-state index contributed by atoms with van der Waals surface area (Å²) in [6.07, 6.45) is 3.44. The van der Waals surface area contributed by atoms with Crippen LogP contribution in [0.15, 0.2) is 12.1 Å². The largest absolute Gasteiger partial charge is 0.496 e. The maximum Gasteiger partial charge on any atom is 0.122 e. The Morgan fingerprint density at radius 2 is 2.21 bits per heavy atom. The predicted molar refractivity (Wildman–Crippen MR) is 57.6 cm³/mol. The van der Waals surface area contributed by atoms with Crippen LogP contribution in [0.1, 0.15) is 35.6 Å². The molecule has 0 unspecified atom stereocenters. The summed E-state index contributed by atoms with van der Waals surface area (Å²) >= 11 is 0. The van der Waals surface area contributed by atoms with Crippen molar-refractivity contribution in [2.45, 2.75) is 32.2 Å². The lowest BCUT2D eigenvalue weighted by atomic mass is 9.87. The van der Waals surface area contributed by atoms with Gasteiger partial charge >= 0.3 is 0 Å². The zero-order chi connectivity index (χ0) is 10.1. The van der Waals surface area contributed by atoms with E-state index in [9.17, 15) is 0 Å². The molecule has 0 spiro atoms. The van der Waals surface area contributed by atoms with Gasteiger partial charge in [0.1, 0.15) is 5.75 Å². The maximum atomic E-state index is 6.07. The van der Waals surface area contributed by atoms with Crippen molar-refractivity contribution < 1.29 is 4.74 Å². The van der Waals surface area contributed by atoms with Gasteiger partial charge in [-0.3, -0.25) is 0 Å². The topological polar surface area (TPSA) is 35.2 Å². The average Bonchev–Trinajstić information content (AvgIpc) is 2.19. The van der Waals surface area contributed by atoms with Crippen LogP contribution in [0.2, 0.25) is 0 Å². The zero-order valence-corrected chi connectivity index (χ0v) is 8.84. The fourth-order valence-corrected chi connectivity index (χ4v) is 2.20. The third-order valence-electron chi connectivity index (χ3n) is 3.02. The molecule has 14 heavy (non-hydrogen) atoms. The Labute approximate surface area is 85.1 Å². The SMILES string of the molecule is COc1cc2c(cc1C)[C@H](N)CCC2. The van der Waals surface area contributed by atoms with Gasteiger partial charge in [-0.05, 0) is 48.9 Å². The summed E-state index contributed by atoms with van der Waals surface area (Å²) in [4.78, 5) is 0. The van der Waals surface area contributed by atoms with Gasteiger partial charge in [0.25, 0.3) is 0 Å². The normalized spacial score (nSPS) is 20.4. The van der Waals surface area contributed by atoms with Crippen LogP contribution in [0.5, 0.6) is 5.75 Å². The van der Waals surface area contributed by atoms with Gasteiger partial charge in [-0.15, -0.1) is 0 Å². The van der Waals surface area contributed by atoms with Crippen molar-refractivity contribution in [2.75, 3.05) is 7.11 Å². The summed E-state index contributed by atoms with van der Waals surface area (Å²) in [5.41, 5.74) is 9.93. The second kappa shape index (κ2) is 3.62. The molecule has 0 bridgehead atoms. The molecule has 0 saturated carbocycles. The van der Waals surface area contributed by atoms with Gasteiger partial charge in [-0.2, -0.15) is 0 Å². The van der Waals surface area contributed by atoms with Crippen LogP contribution in [0.3, 0.4) is 0 Å². The molecule has 1 aromatic carbocycles. The molecule has 0 aliphatic heterocycles. The Morgan fingerprint density at radius 1 is 1.43 bits per heavy atom. The molecule has 1 aliphatic rings. The van der Waals surface area contributed by atoms with E-state index in [1.807, 2.05) is 0 Å². The highest BCUT2D eigenvalue weighted by Gasteiger charge is 2.18. The van der Waals surface area contributed by atoms with Crippen molar-refractivity contribution >= 4 is 0 Å². The fourth-order valence-electron chi connectivity index (χ4n) is 2.20. The van der Waals surface area contributed by atoms with Crippen LogP contribution in [-0.2, 0) is 6.42 Å². The van der Waals surface area contributed by atoms with E-state index in [0.717, 1.165) is 18.6 Å². The molecule has 0 aromatic heterocycles. The van der Waals surface area contributed by atoms with E-state index < -0.39 is 0 Å². The minimum absolute atomic E-state index is 0.225. The first-order chi connectivity index (χ1) is 6.72. The number of aryl methyl sites for hydroxylation is 2. The van der Waals surface area contributed by atoms with Crippen LogP contribution in [-0.4, -0.2) is 7.11 Å². The molecule has 0 saturated heterocycles. The number of benzene rings is 1. The first-order valence-corrected chi connectivity index (χ1v) is 5.15. The number of methoxy groups -OCH3 is 1. The third-order valence-corrected chi connectivity index (χ3v) is 3.02. The molecule has 0 radical (unpaired) electrons. The van der Waals surface area contributed by atoms with E-state index in [1.54, 1.807) is 7.11 Å². The van der Waals surface area contributed by atoms with Crippen molar-refractivity contribution in [1.82, 2.24) is 0 Å². The number of nitrogens with two attached hydrogens (primary N) is 1. The molecule has 0 heterocycles. The fraction of sp³-hybridized carbons (Fsp3) is 0.500. The monoisotopic (exact) mass is 191 g/mol. The number of rotatable bonds is 1. The zero-order valence-electron chi connectivity index (χ0n) is 8.84. The van der Waals surface area contributed by atoms with Crippen molar-refractivity contribution in [2.24, 2.45) is 5.73 Å². The van der Waals surface area contributed by atoms with Gasteiger partial charge < -0.3 is 10.5 Å². The predicted octanol–water partition coefficient (Wildman–Crippen LogP) is 2.34. The summed E-state index contributed by atoms with van der Waals surface area (Å²) in [5, 5.41) is 0. The Balaban J connectivity index is 2.48. The van der Waals surface area contributed by atoms with Gasteiger partial charge in [0.2, 0.25) is 0 Å². The van der Waals surface area contributed by atoms with E-state index in [2.05, 4.69) is 19.1 Å². The van der Waals surface area contributed by atoms with Crippen LogP contribution in [0.25, 0.3) is 0 Å². The number of ether oxygens (including phenoxy) is 1. The Hall–Kier alpha value is -1.02. The number of hydrogen-bond donors (Lipinski definition) is 1. The van der Waals surface area contributed by atoms with E-state index in [4.69, 9.17) is 10.5 Å². The molecular formula is C12H17NO. The maximum absolute atomic E-state index is 6.07. The van der Waals surface area contributed by atoms with Crippen LogP contribution >= 0.6 is 0 Å². The lowest BCUT2D eigenvalue weighted by molar-refractivity contribution is 0.409. The lowest BCUT2D eigenvalue weighted by Gasteiger charge is -2.23. The van der Waals surface area contributed by atoms with E-state index in [1.165, 1.54) is 23.1 Å². The Kier molecular flexibility index (Phi) is 2.46.